The monoisotopic (exact) mass is 220 g/mol. The van der Waals surface area contributed by atoms with Crippen molar-refractivity contribution >= 4 is 5.69 Å². The first-order chi connectivity index (χ1) is 7.79. The van der Waals surface area contributed by atoms with Crippen LogP contribution in [0.2, 0.25) is 0 Å². The molecule has 1 unspecified atom stereocenters. The van der Waals surface area contributed by atoms with Crippen LogP contribution in [0.25, 0.3) is 0 Å². The summed E-state index contributed by atoms with van der Waals surface area (Å²) in [4.78, 5) is 2.48. The van der Waals surface area contributed by atoms with Gasteiger partial charge in [-0.15, -0.1) is 0 Å². The van der Waals surface area contributed by atoms with Crippen molar-refractivity contribution in [2.75, 3.05) is 25.5 Å². The SMILES string of the molecule is CCC1COCCN1Cc1cccc(N)c1. The zero-order valence-corrected chi connectivity index (χ0v) is 9.86. The number of rotatable bonds is 3. The van der Waals surface area contributed by atoms with Crippen LogP contribution in [0.3, 0.4) is 0 Å². The van der Waals surface area contributed by atoms with Gasteiger partial charge in [0.25, 0.3) is 0 Å². The van der Waals surface area contributed by atoms with Gasteiger partial charge < -0.3 is 10.5 Å². The quantitative estimate of drug-likeness (QED) is 0.790. The van der Waals surface area contributed by atoms with E-state index in [1.165, 1.54) is 5.56 Å². The first kappa shape index (κ1) is 11.4. The molecule has 2 rings (SSSR count). The van der Waals surface area contributed by atoms with Crippen LogP contribution in [0.1, 0.15) is 18.9 Å². The van der Waals surface area contributed by atoms with Crippen LogP contribution < -0.4 is 5.73 Å². The molecular formula is C13H20N2O. The van der Waals surface area contributed by atoms with E-state index >= 15 is 0 Å². The standard InChI is InChI=1S/C13H20N2O/c1-2-13-10-16-7-6-15(13)9-11-4-3-5-12(14)8-11/h3-5,8,13H,2,6-7,9-10,14H2,1H3. The fourth-order valence-electron chi connectivity index (χ4n) is 2.20. The Hall–Kier alpha value is -1.06. The molecule has 88 valence electrons. The van der Waals surface area contributed by atoms with Gasteiger partial charge in [-0.05, 0) is 24.1 Å². The minimum atomic E-state index is 0.551. The van der Waals surface area contributed by atoms with E-state index in [0.29, 0.717) is 6.04 Å². The molecule has 0 radical (unpaired) electrons. The molecule has 3 heteroatoms. The van der Waals surface area contributed by atoms with Crippen molar-refractivity contribution < 1.29 is 4.74 Å². The van der Waals surface area contributed by atoms with Gasteiger partial charge in [0.1, 0.15) is 0 Å². The van der Waals surface area contributed by atoms with Crippen LogP contribution in [-0.2, 0) is 11.3 Å². The Kier molecular flexibility index (Phi) is 3.80. The molecule has 0 aliphatic carbocycles. The van der Waals surface area contributed by atoms with Crippen molar-refractivity contribution in [3.8, 4) is 0 Å². The van der Waals surface area contributed by atoms with E-state index in [1.807, 2.05) is 12.1 Å². The smallest absolute Gasteiger partial charge is 0.0622 e. The van der Waals surface area contributed by atoms with E-state index in [9.17, 15) is 0 Å². The fourth-order valence-corrected chi connectivity index (χ4v) is 2.20. The Morgan fingerprint density at radius 2 is 2.38 bits per heavy atom. The van der Waals surface area contributed by atoms with E-state index in [4.69, 9.17) is 10.5 Å². The number of ether oxygens (including phenoxy) is 1. The van der Waals surface area contributed by atoms with Crippen molar-refractivity contribution in [3.63, 3.8) is 0 Å². The number of hydrogen-bond acceptors (Lipinski definition) is 3. The molecule has 1 atom stereocenters. The molecule has 1 aliphatic heterocycles. The molecule has 0 bridgehead atoms. The van der Waals surface area contributed by atoms with E-state index < -0.39 is 0 Å². The normalized spacial score (nSPS) is 22.2. The molecule has 0 amide bonds. The Morgan fingerprint density at radius 1 is 1.50 bits per heavy atom. The minimum Gasteiger partial charge on any atom is -0.399 e. The molecule has 0 saturated carbocycles. The van der Waals surface area contributed by atoms with Gasteiger partial charge in [0.05, 0.1) is 13.2 Å². The topological polar surface area (TPSA) is 38.5 Å². The number of anilines is 1. The number of hydrogen-bond donors (Lipinski definition) is 1. The molecule has 1 aromatic rings. The van der Waals surface area contributed by atoms with Crippen LogP contribution in [-0.4, -0.2) is 30.7 Å². The number of morpholine rings is 1. The summed E-state index contributed by atoms with van der Waals surface area (Å²) in [6.45, 7) is 5.92. The van der Waals surface area contributed by atoms with Gasteiger partial charge in [-0.25, -0.2) is 0 Å². The molecular weight excluding hydrogens is 200 g/mol. The minimum absolute atomic E-state index is 0.551. The van der Waals surface area contributed by atoms with E-state index in [1.54, 1.807) is 0 Å². The Bertz CT molecular complexity index is 340. The highest BCUT2D eigenvalue weighted by molar-refractivity contribution is 5.40. The highest BCUT2D eigenvalue weighted by Gasteiger charge is 2.21. The molecule has 1 aliphatic rings. The maximum absolute atomic E-state index is 5.79. The van der Waals surface area contributed by atoms with Crippen molar-refractivity contribution in [2.24, 2.45) is 0 Å². The second-order valence-electron chi connectivity index (χ2n) is 4.35. The maximum Gasteiger partial charge on any atom is 0.0622 e. The van der Waals surface area contributed by atoms with Crippen LogP contribution >= 0.6 is 0 Å². The van der Waals surface area contributed by atoms with Gasteiger partial charge >= 0.3 is 0 Å². The molecule has 0 spiro atoms. The summed E-state index contributed by atoms with van der Waals surface area (Å²) in [5, 5.41) is 0. The fraction of sp³-hybridized carbons (Fsp3) is 0.538. The Morgan fingerprint density at radius 3 is 3.12 bits per heavy atom. The summed E-state index contributed by atoms with van der Waals surface area (Å²) in [7, 11) is 0. The molecule has 16 heavy (non-hydrogen) atoms. The number of benzene rings is 1. The lowest BCUT2D eigenvalue weighted by molar-refractivity contribution is -0.0127. The molecule has 3 nitrogen and oxygen atoms in total. The third kappa shape index (κ3) is 2.74. The highest BCUT2D eigenvalue weighted by atomic mass is 16.5. The predicted octanol–water partition coefficient (Wildman–Crippen LogP) is 1.88. The lowest BCUT2D eigenvalue weighted by Crippen LogP contribution is -2.44. The summed E-state index contributed by atoms with van der Waals surface area (Å²) >= 11 is 0. The molecule has 1 fully saturated rings. The molecule has 0 aromatic heterocycles. The Balaban J connectivity index is 2.02. The van der Waals surface area contributed by atoms with Gasteiger partial charge in [-0.1, -0.05) is 19.1 Å². The molecule has 1 aromatic carbocycles. The van der Waals surface area contributed by atoms with Gasteiger partial charge in [-0.2, -0.15) is 0 Å². The number of nitrogens with zero attached hydrogens (tertiary/aromatic N) is 1. The van der Waals surface area contributed by atoms with Gasteiger partial charge in [0.2, 0.25) is 0 Å². The van der Waals surface area contributed by atoms with Crippen LogP contribution in [0.15, 0.2) is 24.3 Å². The van der Waals surface area contributed by atoms with Crippen molar-refractivity contribution in [1.29, 1.82) is 0 Å². The highest BCUT2D eigenvalue weighted by Crippen LogP contribution is 2.15. The lowest BCUT2D eigenvalue weighted by Gasteiger charge is -2.35. The molecule has 2 N–H and O–H groups in total. The van der Waals surface area contributed by atoms with Gasteiger partial charge in [0.15, 0.2) is 0 Å². The van der Waals surface area contributed by atoms with Crippen LogP contribution in [0.4, 0.5) is 5.69 Å². The average Bonchev–Trinajstić information content (AvgIpc) is 2.30. The van der Waals surface area contributed by atoms with E-state index in [0.717, 1.165) is 38.4 Å². The van der Waals surface area contributed by atoms with Gasteiger partial charge in [0, 0.05) is 24.8 Å². The van der Waals surface area contributed by atoms with Crippen LogP contribution in [0.5, 0.6) is 0 Å². The van der Waals surface area contributed by atoms with Gasteiger partial charge in [-0.3, -0.25) is 4.90 Å². The largest absolute Gasteiger partial charge is 0.399 e. The summed E-state index contributed by atoms with van der Waals surface area (Å²) in [6.07, 6.45) is 1.14. The third-order valence-corrected chi connectivity index (χ3v) is 3.16. The first-order valence-electron chi connectivity index (χ1n) is 5.96. The molecule has 1 saturated heterocycles. The second-order valence-corrected chi connectivity index (χ2v) is 4.35. The zero-order chi connectivity index (χ0) is 11.4. The van der Waals surface area contributed by atoms with Crippen molar-refractivity contribution in [1.82, 2.24) is 4.90 Å². The van der Waals surface area contributed by atoms with E-state index in [-0.39, 0.29) is 0 Å². The zero-order valence-electron chi connectivity index (χ0n) is 9.86. The number of nitrogens with two attached hydrogens (primary N) is 1. The second kappa shape index (κ2) is 5.32. The summed E-state index contributed by atoms with van der Waals surface area (Å²) < 4.78 is 5.50. The predicted molar refractivity (Wildman–Crippen MR) is 66.2 cm³/mol. The number of nitrogen functional groups attached to an aromatic ring is 1. The van der Waals surface area contributed by atoms with Crippen molar-refractivity contribution in [2.45, 2.75) is 25.9 Å². The van der Waals surface area contributed by atoms with E-state index in [2.05, 4.69) is 24.0 Å². The van der Waals surface area contributed by atoms with Crippen molar-refractivity contribution in [3.05, 3.63) is 29.8 Å². The summed E-state index contributed by atoms with van der Waals surface area (Å²) in [5.41, 5.74) is 7.93. The van der Waals surface area contributed by atoms with Crippen LogP contribution in [0, 0.1) is 0 Å². The third-order valence-electron chi connectivity index (χ3n) is 3.16. The summed E-state index contributed by atoms with van der Waals surface area (Å²) in [6, 6.07) is 8.70. The lowest BCUT2D eigenvalue weighted by atomic mass is 10.1. The molecule has 1 heterocycles. The Labute approximate surface area is 97.2 Å². The average molecular weight is 220 g/mol. The first-order valence-corrected chi connectivity index (χ1v) is 5.96. The maximum atomic E-state index is 5.79. The summed E-state index contributed by atoms with van der Waals surface area (Å²) in [5.74, 6) is 0.